The summed E-state index contributed by atoms with van der Waals surface area (Å²) in [5.41, 5.74) is 5.01. The van der Waals surface area contributed by atoms with Gasteiger partial charge in [0, 0.05) is 21.8 Å². The van der Waals surface area contributed by atoms with E-state index in [-0.39, 0.29) is 36.4 Å². The highest BCUT2D eigenvalue weighted by molar-refractivity contribution is 7.80. The first-order valence-electron chi connectivity index (χ1n) is 13.0. The summed E-state index contributed by atoms with van der Waals surface area (Å²) in [5, 5.41) is 10.9. The third-order valence-corrected chi connectivity index (χ3v) is 6.80. The molecule has 1 atom stereocenters. The largest absolute Gasteiger partial charge is 0.487 e. The molecule has 0 aliphatic carbocycles. The fourth-order valence-corrected chi connectivity index (χ4v) is 5.01. The van der Waals surface area contributed by atoms with Crippen molar-refractivity contribution in [2.45, 2.75) is 26.5 Å². The topological polar surface area (TPSA) is 110 Å². The fourth-order valence-electron chi connectivity index (χ4n) is 4.17. The molecule has 3 N–H and O–H groups in total. The molecule has 3 aromatic carbocycles. The fraction of sp³-hybridized carbons (Fsp3) is 0.200. The Morgan fingerprint density at radius 1 is 1.12 bits per heavy atom. The molecule has 1 aliphatic rings. The molecule has 4 rings (SSSR count). The van der Waals surface area contributed by atoms with Crippen LogP contribution in [0, 0.1) is 5.82 Å². The lowest BCUT2D eigenvalue weighted by molar-refractivity contribution is -0.139. The van der Waals surface area contributed by atoms with Crippen LogP contribution < -0.4 is 25.5 Å². The van der Waals surface area contributed by atoms with E-state index in [1.807, 2.05) is 0 Å². The molecule has 0 unspecified atom stereocenters. The number of carbonyl (C=O) groups excluding carboxylic acids is 2. The first-order chi connectivity index (χ1) is 20.7. The molecule has 1 aliphatic heterocycles. The van der Waals surface area contributed by atoms with Gasteiger partial charge in [-0.3, -0.25) is 4.79 Å². The van der Waals surface area contributed by atoms with Crippen LogP contribution in [-0.4, -0.2) is 36.4 Å². The molecule has 0 spiro atoms. The number of carbonyl (C=O) groups is 2. The van der Waals surface area contributed by atoms with Crippen LogP contribution in [0.25, 0.3) is 0 Å². The van der Waals surface area contributed by atoms with E-state index >= 15 is 0 Å². The van der Waals surface area contributed by atoms with Gasteiger partial charge in [0.1, 0.15) is 23.9 Å². The van der Waals surface area contributed by atoms with Gasteiger partial charge in [0.2, 0.25) is 0 Å². The van der Waals surface area contributed by atoms with Crippen LogP contribution in [0.4, 0.5) is 4.39 Å². The summed E-state index contributed by atoms with van der Waals surface area (Å²) in [7, 11) is 0. The number of nitrogens with zero attached hydrogens (tertiary/aromatic N) is 1. The minimum absolute atomic E-state index is 0.116. The van der Waals surface area contributed by atoms with Crippen LogP contribution in [0.5, 0.6) is 11.5 Å². The van der Waals surface area contributed by atoms with Crippen LogP contribution >= 0.6 is 35.4 Å². The van der Waals surface area contributed by atoms with Gasteiger partial charge in [0.15, 0.2) is 11.7 Å². The number of ether oxygens (including phenoxy) is 3. The third-order valence-electron chi connectivity index (χ3n) is 6.08. The summed E-state index contributed by atoms with van der Waals surface area (Å²) < 4.78 is 30.1. The highest BCUT2D eigenvalue weighted by atomic mass is 35.5. The van der Waals surface area contributed by atoms with E-state index in [9.17, 15) is 14.0 Å². The van der Waals surface area contributed by atoms with Crippen molar-refractivity contribution < 1.29 is 28.2 Å². The van der Waals surface area contributed by atoms with Crippen molar-refractivity contribution in [3.05, 3.63) is 104 Å². The number of allylic oxidation sites excluding steroid dienone is 1. The van der Waals surface area contributed by atoms with Gasteiger partial charge in [0.25, 0.3) is 5.91 Å². The second-order valence-electron chi connectivity index (χ2n) is 9.13. The van der Waals surface area contributed by atoms with Crippen molar-refractivity contribution in [1.82, 2.24) is 16.1 Å². The number of hydrazone groups is 1. The molecular weight excluding hydrogens is 618 g/mol. The van der Waals surface area contributed by atoms with Crippen LogP contribution in [0.2, 0.25) is 10.0 Å². The standard InChI is InChI=1S/C30H27Cl2FN4O5S/c1-3-40-29(39)26-17(2)35-30(43)36-27(26)22-6-4-5-7-24(22)41-16-25(38)37-34-14-19-12-20(31)13-23(32)28(19)42-15-18-8-10-21(33)11-9-18/h4-14,27H,3,15-16H2,1-2H3,(H,37,38)(H2,35,36,43)/t27-/m0/s1. The molecular formula is C30H27Cl2FN4O5S. The Bertz CT molecular complexity index is 1580. The number of para-hydroxylation sites is 1. The first kappa shape index (κ1) is 31.7. The van der Waals surface area contributed by atoms with Gasteiger partial charge in [0.05, 0.1) is 29.5 Å². The second kappa shape index (κ2) is 14.8. The second-order valence-corrected chi connectivity index (χ2v) is 10.4. The molecule has 1 heterocycles. The normalized spacial score (nSPS) is 14.6. The summed E-state index contributed by atoms with van der Waals surface area (Å²) >= 11 is 17.8. The Morgan fingerprint density at radius 2 is 1.86 bits per heavy atom. The van der Waals surface area contributed by atoms with Gasteiger partial charge in [-0.1, -0.05) is 53.5 Å². The summed E-state index contributed by atoms with van der Waals surface area (Å²) in [6.07, 6.45) is 1.34. The Hall–Kier alpha value is -4.19. The van der Waals surface area contributed by atoms with Crippen LogP contribution in [-0.2, 0) is 20.9 Å². The number of halogens is 3. The third kappa shape index (κ3) is 8.44. The Balaban J connectivity index is 1.43. The molecule has 224 valence electrons. The zero-order chi connectivity index (χ0) is 30.9. The molecule has 0 bridgehead atoms. The van der Waals surface area contributed by atoms with E-state index in [1.54, 1.807) is 56.3 Å². The maximum absolute atomic E-state index is 13.2. The number of amides is 1. The molecule has 0 radical (unpaired) electrons. The Morgan fingerprint density at radius 3 is 2.60 bits per heavy atom. The predicted octanol–water partition coefficient (Wildman–Crippen LogP) is 5.60. The summed E-state index contributed by atoms with van der Waals surface area (Å²) in [6, 6.07) is 15.2. The molecule has 43 heavy (non-hydrogen) atoms. The predicted molar refractivity (Wildman–Crippen MR) is 166 cm³/mol. The van der Waals surface area contributed by atoms with Crippen LogP contribution in [0.1, 0.15) is 36.6 Å². The van der Waals surface area contributed by atoms with E-state index in [4.69, 9.17) is 49.6 Å². The summed E-state index contributed by atoms with van der Waals surface area (Å²) in [4.78, 5) is 25.4. The summed E-state index contributed by atoms with van der Waals surface area (Å²) in [6.45, 7) is 3.39. The van der Waals surface area contributed by atoms with E-state index in [0.29, 0.717) is 38.3 Å². The van der Waals surface area contributed by atoms with Crippen molar-refractivity contribution >= 4 is 58.6 Å². The molecule has 1 amide bonds. The number of hydrogen-bond donors (Lipinski definition) is 3. The number of nitrogens with one attached hydrogen (secondary N) is 3. The highest BCUT2D eigenvalue weighted by Crippen LogP contribution is 2.34. The lowest BCUT2D eigenvalue weighted by atomic mass is 9.95. The van der Waals surface area contributed by atoms with Crippen molar-refractivity contribution in [2.24, 2.45) is 5.10 Å². The van der Waals surface area contributed by atoms with Crippen molar-refractivity contribution in [2.75, 3.05) is 13.2 Å². The SMILES string of the molecule is CCOC(=O)C1=C(C)NC(=S)N[C@H]1c1ccccc1OCC(=O)NN=Cc1cc(Cl)cc(Cl)c1OCc1ccc(F)cc1. The van der Waals surface area contributed by atoms with Gasteiger partial charge in [-0.25, -0.2) is 14.6 Å². The van der Waals surface area contributed by atoms with E-state index in [1.165, 1.54) is 24.4 Å². The molecule has 3 aromatic rings. The van der Waals surface area contributed by atoms with E-state index in [2.05, 4.69) is 21.2 Å². The van der Waals surface area contributed by atoms with Crippen LogP contribution in [0.15, 0.2) is 77.0 Å². The van der Waals surface area contributed by atoms with Gasteiger partial charge in [-0.2, -0.15) is 5.10 Å². The number of benzene rings is 3. The first-order valence-corrected chi connectivity index (χ1v) is 14.2. The number of hydrogen-bond acceptors (Lipinski definition) is 7. The van der Waals surface area contributed by atoms with Crippen LogP contribution in [0.3, 0.4) is 0 Å². The maximum Gasteiger partial charge on any atom is 0.338 e. The van der Waals surface area contributed by atoms with Crippen molar-refractivity contribution in [3.8, 4) is 11.5 Å². The van der Waals surface area contributed by atoms with Gasteiger partial charge < -0.3 is 24.8 Å². The minimum Gasteiger partial charge on any atom is -0.487 e. The molecule has 13 heteroatoms. The lowest BCUT2D eigenvalue weighted by Gasteiger charge is -2.30. The number of rotatable bonds is 11. The Kier molecular flexibility index (Phi) is 10.9. The molecule has 0 fully saturated rings. The minimum atomic E-state index is -0.661. The van der Waals surface area contributed by atoms with Gasteiger partial charge in [-0.15, -0.1) is 0 Å². The zero-order valence-electron chi connectivity index (χ0n) is 23.1. The lowest BCUT2D eigenvalue weighted by Crippen LogP contribution is -2.45. The average Bonchev–Trinajstić information content (AvgIpc) is 2.96. The van der Waals surface area contributed by atoms with Gasteiger partial charge in [-0.05, 0) is 62.0 Å². The van der Waals surface area contributed by atoms with E-state index < -0.39 is 17.9 Å². The average molecular weight is 646 g/mol. The maximum atomic E-state index is 13.2. The molecule has 9 nitrogen and oxygen atoms in total. The highest BCUT2D eigenvalue weighted by Gasteiger charge is 2.32. The van der Waals surface area contributed by atoms with E-state index in [0.717, 1.165) is 5.56 Å². The molecule has 0 aromatic heterocycles. The number of esters is 1. The number of thiocarbonyl (C=S) groups is 1. The van der Waals surface area contributed by atoms with Crippen molar-refractivity contribution in [3.63, 3.8) is 0 Å². The zero-order valence-corrected chi connectivity index (χ0v) is 25.4. The summed E-state index contributed by atoms with van der Waals surface area (Å²) in [5.74, 6) is -0.774. The monoisotopic (exact) mass is 644 g/mol. The molecule has 0 saturated heterocycles. The Labute approximate surface area is 263 Å². The smallest absolute Gasteiger partial charge is 0.338 e. The molecule has 0 saturated carbocycles. The van der Waals surface area contributed by atoms with Gasteiger partial charge >= 0.3 is 5.97 Å². The quantitative estimate of drug-likeness (QED) is 0.107. The van der Waals surface area contributed by atoms with Crippen molar-refractivity contribution in [1.29, 1.82) is 0 Å².